The van der Waals surface area contributed by atoms with Gasteiger partial charge in [0.1, 0.15) is 11.4 Å². The normalized spacial score (nSPS) is 17.8. The molecular weight excluding hydrogens is 308 g/mol. The first-order chi connectivity index (χ1) is 11.6. The van der Waals surface area contributed by atoms with Crippen molar-refractivity contribution >= 4 is 17.5 Å². The number of amides is 1. The highest BCUT2D eigenvalue weighted by atomic mass is 16.5. The van der Waals surface area contributed by atoms with Gasteiger partial charge in [-0.3, -0.25) is 14.4 Å². The second-order valence-electron chi connectivity index (χ2n) is 5.76. The maximum atomic E-state index is 13.1. The van der Waals surface area contributed by atoms with Gasteiger partial charge in [0.05, 0.1) is 13.2 Å². The van der Waals surface area contributed by atoms with Gasteiger partial charge in [0.2, 0.25) is 17.5 Å². The topological polar surface area (TPSA) is 66.9 Å². The Bertz CT molecular complexity index is 732. The number of Topliss-reactive ketones (excluding diaryl/α,β-unsaturated/α-hetero) is 2. The van der Waals surface area contributed by atoms with E-state index in [4.69, 9.17) is 4.74 Å². The van der Waals surface area contributed by atoms with Gasteiger partial charge in [0, 0.05) is 37.7 Å². The first-order valence-electron chi connectivity index (χ1n) is 8.09. The molecule has 1 aliphatic heterocycles. The van der Waals surface area contributed by atoms with Gasteiger partial charge in [0.25, 0.3) is 0 Å². The monoisotopic (exact) mass is 328 g/mol. The van der Waals surface area contributed by atoms with Gasteiger partial charge >= 0.3 is 0 Å². The molecule has 1 aromatic rings. The smallest absolute Gasteiger partial charge is 0.224 e. The minimum Gasteiger partial charge on any atom is -0.378 e. The summed E-state index contributed by atoms with van der Waals surface area (Å²) in [5.74, 6) is -0.732. The van der Waals surface area contributed by atoms with Crippen molar-refractivity contribution in [3.05, 3.63) is 46.8 Å². The highest BCUT2D eigenvalue weighted by Gasteiger charge is 2.38. The number of rotatable bonds is 3. The van der Waals surface area contributed by atoms with Crippen LogP contribution in [-0.4, -0.2) is 60.1 Å². The lowest BCUT2D eigenvalue weighted by atomic mass is 9.89. The zero-order valence-electron chi connectivity index (χ0n) is 13.9. The Labute approximate surface area is 140 Å². The lowest BCUT2D eigenvalue weighted by Gasteiger charge is -2.36. The maximum absolute atomic E-state index is 13.1. The SMILES string of the molecule is CCN(C(C)=O)C1=C(N2CCOCC2)C(=O)c2ccccc2C1=O. The van der Waals surface area contributed by atoms with E-state index in [1.54, 1.807) is 31.2 Å². The molecule has 6 nitrogen and oxygen atoms in total. The van der Waals surface area contributed by atoms with E-state index in [-0.39, 0.29) is 23.2 Å². The molecule has 0 aromatic heterocycles. The number of ketones is 2. The first-order valence-corrected chi connectivity index (χ1v) is 8.09. The van der Waals surface area contributed by atoms with Crippen LogP contribution in [0.2, 0.25) is 0 Å². The molecular formula is C18H20N2O4. The Balaban J connectivity index is 2.20. The molecule has 1 amide bonds. The Hall–Kier alpha value is -2.47. The van der Waals surface area contributed by atoms with Crippen molar-refractivity contribution in [2.24, 2.45) is 0 Å². The van der Waals surface area contributed by atoms with E-state index in [9.17, 15) is 14.4 Å². The van der Waals surface area contributed by atoms with Crippen molar-refractivity contribution in [2.45, 2.75) is 13.8 Å². The number of ether oxygens (including phenoxy) is 1. The molecule has 126 valence electrons. The van der Waals surface area contributed by atoms with Crippen LogP contribution in [0.5, 0.6) is 0 Å². The van der Waals surface area contributed by atoms with Crippen LogP contribution in [0.15, 0.2) is 35.7 Å². The van der Waals surface area contributed by atoms with Gasteiger partial charge in [0.15, 0.2) is 0 Å². The standard InChI is InChI=1S/C18H20N2O4/c1-3-20(12(2)21)16-15(19-8-10-24-11-9-19)17(22)13-6-4-5-7-14(13)18(16)23/h4-7H,3,8-11H2,1-2H3. The number of carbonyl (C=O) groups excluding carboxylic acids is 3. The van der Waals surface area contributed by atoms with Crippen LogP contribution >= 0.6 is 0 Å². The molecule has 1 heterocycles. The van der Waals surface area contributed by atoms with Crippen molar-refractivity contribution < 1.29 is 19.1 Å². The van der Waals surface area contributed by atoms with Crippen molar-refractivity contribution in [2.75, 3.05) is 32.8 Å². The number of fused-ring (bicyclic) bond motifs is 1. The number of hydrogen-bond acceptors (Lipinski definition) is 5. The predicted octanol–water partition coefficient (Wildman–Crippen LogP) is 1.48. The molecule has 6 heteroatoms. The van der Waals surface area contributed by atoms with E-state index in [1.165, 1.54) is 11.8 Å². The Morgan fingerprint density at radius 2 is 1.71 bits per heavy atom. The highest BCUT2D eigenvalue weighted by molar-refractivity contribution is 6.27. The van der Waals surface area contributed by atoms with Crippen LogP contribution in [0.3, 0.4) is 0 Å². The minimum atomic E-state index is -0.274. The van der Waals surface area contributed by atoms with E-state index in [1.807, 2.05) is 4.90 Å². The van der Waals surface area contributed by atoms with Crippen LogP contribution in [0.25, 0.3) is 0 Å². The van der Waals surface area contributed by atoms with E-state index in [0.717, 1.165) is 0 Å². The summed E-state index contributed by atoms with van der Waals surface area (Å²) in [6.45, 7) is 5.57. The molecule has 1 saturated heterocycles. The molecule has 2 aliphatic rings. The largest absolute Gasteiger partial charge is 0.378 e. The van der Waals surface area contributed by atoms with Gasteiger partial charge in [-0.15, -0.1) is 0 Å². The number of benzene rings is 1. The quantitative estimate of drug-likeness (QED) is 0.841. The van der Waals surface area contributed by atoms with Crippen molar-refractivity contribution in [3.63, 3.8) is 0 Å². The fourth-order valence-corrected chi connectivity index (χ4v) is 3.22. The van der Waals surface area contributed by atoms with Crippen LogP contribution in [0, 0.1) is 0 Å². The molecule has 0 radical (unpaired) electrons. The number of carbonyl (C=O) groups is 3. The molecule has 1 aromatic carbocycles. The fourth-order valence-electron chi connectivity index (χ4n) is 3.22. The van der Waals surface area contributed by atoms with E-state index < -0.39 is 0 Å². The third-order valence-corrected chi connectivity index (χ3v) is 4.36. The maximum Gasteiger partial charge on any atom is 0.224 e. The van der Waals surface area contributed by atoms with Gasteiger partial charge in [-0.2, -0.15) is 0 Å². The summed E-state index contributed by atoms with van der Waals surface area (Å²) >= 11 is 0. The van der Waals surface area contributed by atoms with Gasteiger partial charge < -0.3 is 14.5 Å². The minimum absolute atomic E-state index is 0.190. The summed E-state index contributed by atoms with van der Waals surface area (Å²) in [6.07, 6.45) is 0. The molecule has 0 atom stereocenters. The molecule has 0 N–H and O–H groups in total. The number of allylic oxidation sites excluding steroid dienone is 2. The van der Waals surface area contributed by atoms with E-state index in [2.05, 4.69) is 0 Å². The molecule has 0 saturated carbocycles. The van der Waals surface area contributed by atoms with Gasteiger partial charge in [-0.05, 0) is 6.92 Å². The Morgan fingerprint density at radius 1 is 1.12 bits per heavy atom. The molecule has 24 heavy (non-hydrogen) atoms. The molecule has 1 fully saturated rings. The van der Waals surface area contributed by atoms with Gasteiger partial charge in [-0.1, -0.05) is 24.3 Å². The highest BCUT2D eigenvalue weighted by Crippen LogP contribution is 2.30. The zero-order chi connectivity index (χ0) is 17.3. The summed E-state index contributed by atoms with van der Waals surface area (Å²) in [7, 11) is 0. The third kappa shape index (κ3) is 2.63. The first kappa shape index (κ1) is 16.4. The second-order valence-corrected chi connectivity index (χ2v) is 5.76. The summed E-state index contributed by atoms with van der Waals surface area (Å²) < 4.78 is 5.35. The number of likely N-dealkylation sites (N-methyl/N-ethyl adjacent to an activating group) is 1. The zero-order valence-corrected chi connectivity index (χ0v) is 13.9. The van der Waals surface area contributed by atoms with Crippen LogP contribution in [0.1, 0.15) is 34.6 Å². The van der Waals surface area contributed by atoms with Crippen LogP contribution < -0.4 is 0 Å². The van der Waals surface area contributed by atoms with Crippen molar-refractivity contribution in [3.8, 4) is 0 Å². The lowest BCUT2D eigenvalue weighted by Crippen LogP contribution is -2.45. The van der Waals surface area contributed by atoms with E-state index in [0.29, 0.717) is 49.7 Å². The molecule has 3 rings (SSSR count). The average Bonchev–Trinajstić information content (AvgIpc) is 2.60. The molecule has 0 unspecified atom stereocenters. The number of nitrogens with zero attached hydrogens (tertiary/aromatic N) is 2. The number of morpholine rings is 1. The Kier molecular flexibility index (Phi) is 4.49. The van der Waals surface area contributed by atoms with E-state index >= 15 is 0 Å². The van der Waals surface area contributed by atoms with Crippen molar-refractivity contribution in [1.82, 2.24) is 9.80 Å². The summed E-state index contributed by atoms with van der Waals surface area (Å²) in [5.41, 5.74) is 1.26. The van der Waals surface area contributed by atoms with Crippen LogP contribution in [-0.2, 0) is 9.53 Å². The lowest BCUT2D eigenvalue weighted by molar-refractivity contribution is -0.126. The Morgan fingerprint density at radius 3 is 2.25 bits per heavy atom. The summed E-state index contributed by atoms with van der Waals surface area (Å²) in [6, 6.07) is 6.77. The molecule has 0 spiro atoms. The third-order valence-electron chi connectivity index (χ3n) is 4.36. The summed E-state index contributed by atoms with van der Waals surface area (Å²) in [5, 5.41) is 0. The van der Waals surface area contributed by atoms with Gasteiger partial charge in [-0.25, -0.2) is 0 Å². The summed E-state index contributed by atoms with van der Waals surface area (Å²) in [4.78, 5) is 41.4. The predicted molar refractivity (Wildman–Crippen MR) is 87.6 cm³/mol. The second kappa shape index (κ2) is 6.57. The number of hydrogen-bond donors (Lipinski definition) is 0. The fraction of sp³-hybridized carbons (Fsp3) is 0.389. The molecule has 0 bridgehead atoms. The molecule has 1 aliphatic carbocycles. The van der Waals surface area contributed by atoms with Crippen molar-refractivity contribution in [1.29, 1.82) is 0 Å². The average molecular weight is 328 g/mol. The van der Waals surface area contributed by atoms with Crippen LogP contribution in [0.4, 0.5) is 0 Å².